The van der Waals surface area contributed by atoms with E-state index >= 15 is 0 Å². The molecule has 0 aliphatic carbocycles. The summed E-state index contributed by atoms with van der Waals surface area (Å²) in [4.78, 5) is 2.07. The lowest BCUT2D eigenvalue weighted by molar-refractivity contribution is -0.138. The van der Waals surface area contributed by atoms with Gasteiger partial charge in [0.1, 0.15) is 0 Å². The number of halogens is 4. The highest BCUT2D eigenvalue weighted by Gasteiger charge is 2.33. The highest BCUT2D eigenvalue weighted by molar-refractivity contribution is 6.30. The van der Waals surface area contributed by atoms with Gasteiger partial charge in [0.25, 0.3) is 0 Å². The van der Waals surface area contributed by atoms with Gasteiger partial charge in [-0.05, 0) is 55.6 Å². The highest BCUT2D eigenvalue weighted by atomic mass is 35.5. The lowest BCUT2D eigenvalue weighted by Crippen LogP contribution is -2.33. The molecule has 0 aromatic heterocycles. The number of piperidine rings is 1. The lowest BCUT2D eigenvalue weighted by Gasteiger charge is -2.31. The minimum atomic E-state index is -4.32. The Labute approximate surface area is 130 Å². The molecule has 0 spiro atoms. The van der Waals surface area contributed by atoms with Gasteiger partial charge in [0.15, 0.2) is 0 Å². The molecule has 0 amide bonds. The Balaban J connectivity index is 0.00000106. The van der Waals surface area contributed by atoms with Crippen LogP contribution in [-0.4, -0.2) is 18.0 Å². The van der Waals surface area contributed by atoms with Crippen molar-refractivity contribution in [3.8, 4) is 0 Å². The zero-order valence-electron chi connectivity index (χ0n) is 12.8. The third-order valence-electron chi connectivity index (χ3n) is 3.64. The van der Waals surface area contributed by atoms with E-state index in [1.165, 1.54) is 12.1 Å². The van der Waals surface area contributed by atoms with Crippen LogP contribution in [0.1, 0.15) is 44.7 Å². The first kappa shape index (κ1) is 18.3. The van der Waals surface area contributed by atoms with Gasteiger partial charge in [-0.25, -0.2) is 0 Å². The molecular weight excluding hydrogens is 299 g/mol. The SMILES string of the molecule is CC.CC1CCN(Cc2cc(Cl)ccc2C(F)(F)F)CC1. The summed E-state index contributed by atoms with van der Waals surface area (Å²) in [7, 11) is 0. The van der Waals surface area contributed by atoms with Crippen LogP contribution < -0.4 is 0 Å². The molecule has 0 atom stereocenters. The minimum absolute atomic E-state index is 0.273. The van der Waals surface area contributed by atoms with Crippen molar-refractivity contribution in [2.75, 3.05) is 13.1 Å². The molecule has 0 unspecified atom stereocenters. The second-order valence-electron chi connectivity index (χ2n) is 5.26. The van der Waals surface area contributed by atoms with Gasteiger partial charge in [0, 0.05) is 11.6 Å². The van der Waals surface area contributed by atoms with Crippen molar-refractivity contribution in [2.45, 2.75) is 46.3 Å². The van der Waals surface area contributed by atoms with E-state index in [0.717, 1.165) is 32.0 Å². The monoisotopic (exact) mass is 321 g/mol. The maximum absolute atomic E-state index is 12.9. The van der Waals surface area contributed by atoms with Crippen molar-refractivity contribution in [3.05, 3.63) is 34.3 Å². The van der Waals surface area contributed by atoms with E-state index in [9.17, 15) is 13.2 Å². The van der Waals surface area contributed by atoms with Gasteiger partial charge in [-0.1, -0.05) is 32.4 Å². The third kappa shape index (κ3) is 5.51. The molecule has 1 fully saturated rings. The Morgan fingerprint density at radius 2 is 1.76 bits per heavy atom. The number of rotatable bonds is 2. The molecule has 1 aromatic carbocycles. The number of alkyl halides is 3. The maximum atomic E-state index is 12.9. The summed E-state index contributed by atoms with van der Waals surface area (Å²) in [6.45, 7) is 8.20. The van der Waals surface area contributed by atoms with Crippen LogP contribution in [0.5, 0.6) is 0 Å². The molecular formula is C16H23ClF3N. The second-order valence-corrected chi connectivity index (χ2v) is 5.69. The molecule has 0 radical (unpaired) electrons. The van der Waals surface area contributed by atoms with E-state index in [0.29, 0.717) is 17.5 Å². The van der Waals surface area contributed by atoms with E-state index in [-0.39, 0.29) is 5.56 Å². The minimum Gasteiger partial charge on any atom is -0.299 e. The van der Waals surface area contributed by atoms with E-state index in [4.69, 9.17) is 11.6 Å². The van der Waals surface area contributed by atoms with Gasteiger partial charge in [-0.15, -0.1) is 0 Å². The standard InChI is InChI=1S/C14H17ClF3N.C2H6/c1-10-4-6-19(7-5-10)9-11-8-12(15)2-3-13(11)14(16,17)18;1-2/h2-3,8,10H,4-7,9H2,1H3;1-2H3. The van der Waals surface area contributed by atoms with Crippen LogP contribution >= 0.6 is 11.6 Å². The number of benzene rings is 1. The largest absolute Gasteiger partial charge is 0.416 e. The van der Waals surface area contributed by atoms with Crippen LogP contribution in [0.2, 0.25) is 5.02 Å². The Bertz CT molecular complexity index is 438. The molecule has 1 aromatic rings. The number of likely N-dealkylation sites (tertiary alicyclic amines) is 1. The number of hydrogen-bond acceptors (Lipinski definition) is 1. The predicted molar refractivity (Wildman–Crippen MR) is 81.5 cm³/mol. The molecule has 2 rings (SSSR count). The number of nitrogens with zero attached hydrogens (tertiary/aromatic N) is 1. The van der Waals surface area contributed by atoms with Crippen LogP contribution in [0.4, 0.5) is 13.2 Å². The van der Waals surface area contributed by atoms with Crippen molar-refractivity contribution in [2.24, 2.45) is 5.92 Å². The summed E-state index contributed by atoms with van der Waals surface area (Å²) in [5.41, 5.74) is -0.301. The summed E-state index contributed by atoms with van der Waals surface area (Å²) < 4.78 is 38.8. The molecule has 1 aliphatic heterocycles. The fourth-order valence-corrected chi connectivity index (χ4v) is 2.63. The predicted octanol–water partition coefficient (Wildman–Crippen LogP) is 5.62. The molecule has 120 valence electrons. The summed E-state index contributed by atoms with van der Waals surface area (Å²) >= 11 is 5.82. The van der Waals surface area contributed by atoms with Crippen LogP contribution in [0.25, 0.3) is 0 Å². The van der Waals surface area contributed by atoms with Crippen LogP contribution in [0, 0.1) is 5.92 Å². The van der Waals surface area contributed by atoms with Gasteiger partial charge in [-0.3, -0.25) is 4.90 Å². The molecule has 0 N–H and O–H groups in total. The van der Waals surface area contributed by atoms with E-state index in [1.54, 1.807) is 0 Å². The Morgan fingerprint density at radius 3 is 2.29 bits per heavy atom. The Kier molecular flexibility index (Phi) is 7.01. The smallest absolute Gasteiger partial charge is 0.299 e. The number of hydrogen-bond donors (Lipinski definition) is 0. The molecule has 1 saturated heterocycles. The lowest BCUT2D eigenvalue weighted by atomic mass is 9.98. The maximum Gasteiger partial charge on any atom is 0.416 e. The molecule has 0 saturated carbocycles. The van der Waals surface area contributed by atoms with Crippen LogP contribution in [-0.2, 0) is 12.7 Å². The summed E-state index contributed by atoms with van der Waals surface area (Å²) in [6, 6.07) is 3.80. The van der Waals surface area contributed by atoms with Gasteiger partial charge in [0.2, 0.25) is 0 Å². The first-order valence-corrected chi connectivity index (χ1v) is 7.82. The van der Waals surface area contributed by atoms with Crippen molar-refractivity contribution >= 4 is 11.6 Å². The molecule has 21 heavy (non-hydrogen) atoms. The van der Waals surface area contributed by atoms with Crippen molar-refractivity contribution < 1.29 is 13.2 Å². The Morgan fingerprint density at radius 1 is 1.19 bits per heavy atom. The molecule has 0 bridgehead atoms. The van der Waals surface area contributed by atoms with E-state index < -0.39 is 11.7 Å². The second kappa shape index (κ2) is 8.04. The fourth-order valence-electron chi connectivity index (χ4n) is 2.43. The zero-order valence-corrected chi connectivity index (χ0v) is 13.6. The van der Waals surface area contributed by atoms with Crippen molar-refractivity contribution in [1.29, 1.82) is 0 Å². The van der Waals surface area contributed by atoms with Gasteiger partial charge in [0.05, 0.1) is 5.56 Å². The molecule has 1 aliphatic rings. The normalized spacial score (nSPS) is 17.3. The fraction of sp³-hybridized carbons (Fsp3) is 0.625. The van der Waals surface area contributed by atoms with Gasteiger partial charge < -0.3 is 0 Å². The van der Waals surface area contributed by atoms with Gasteiger partial charge >= 0.3 is 6.18 Å². The van der Waals surface area contributed by atoms with E-state index in [1.807, 2.05) is 13.8 Å². The summed E-state index contributed by atoms with van der Waals surface area (Å²) in [5.74, 6) is 0.665. The van der Waals surface area contributed by atoms with Crippen molar-refractivity contribution in [1.82, 2.24) is 4.90 Å². The van der Waals surface area contributed by atoms with Crippen molar-refractivity contribution in [3.63, 3.8) is 0 Å². The van der Waals surface area contributed by atoms with Gasteiger partial charge in [-0.2, -0.15) is 13.2 Å². The van der Waals surface area contributed by atoms with Crippen LogP contribution in [0.15, 0.2) is 18.2 Å². The third-order valence-corrected chi connectivity index (χ3v) is 3.88. The average Bonchev–Trinajstić information content (AvgIpc) is 2.42. The van der Waals surface area contributed by atoms with Crippen LogP contribution in [0.3, 0.4) is 0 Å². The zero-order chi connectivity index (χ0) is 16.0. The topological polar surface area (TPSA) is 3.24 Å². The quantitative estimate of drug-likeness (QED) is 0.683. The average molecular weight is 322 g/mol. The first-order chi connectivity index (χ1) is 9.86. The Hall–Kier alpha value is -0.740. The summed E-state index contributed by atoms with van der Waals surface area (Å²) in [6.07, 6.45) is -2.23. The summed E-state index contributed by atoms with van der Waals surface area (Å²) in [5, 5.41) is 0.355. The highest BCUT2D eigenvalue weighted by Crippen LogP contribution is 2.34. The van der Waals surface area contributed by atoms with E-state index in [2.05, 4.69) is 11.8 Å². The molecule has 1 nitrogen and oxygen atoms in total. The molecule has 1 heterocycles. The molecule has 5 heteroatoms. The first-order valence-electron chi connectivity index (χ1n) is 7.44.